The van der Waals surface area contributed by atoms with E-state index in [0.29, 0.717) is 0 Å². The average Bonchev–Trinajstić information content (AvgIpc) is 2.60. The van der Waals surface area contributed by atoms with Crippen LogP contribution < -0.4 is 10.9 Å². The smallest absolute Gasteiger partial charge is 0.276 e. The first kappa shape index (κ1) is 16.6. The molecule has 1 amide bonds. The molecule has 1 aromatic heterocycles. The zero-order chi connectivity index (χ0) is 17.8. The molecule has 126 valence electrons. The van der Waals surface area contributed by atoms with Crippen molar-refractivity contribution in [3.63, 3.8) is 0 Å². The lowest BCUT2D eigenvalue weighted by molar-refractivity contribution is 0.101. The maximum Gasteiger partial charge on any atom is 0.276 e. The predicted molar refractivity (Wildman–Crippen MR) is 93.1 cm³/mol. The number of carbonyl (C=O) groups excluding carboxylic acids is 1. The molecule has 5 nitrogen and oxygen atoms in total. The van der Waals surface area contributed by atoms with Gasteiger partial charge in [0.15, 0.2) is 0 Å². The van der Waals surface area contributed by atoms with Gasteiger partial charge in [0.1, 0.15) is 11.5 Å². The molecule has 25 heavy (non-hydrogen) atoms. The van der Waals surface area contributed by atoms with Gasteiger partial charge in [0.2, 0.25) is 0 Å². The van der Waals surface area contributed by atoms with E-state index in [1.807, 2.05) is 30.3 Å². The Morgan fingerprint density at radius 3 is 2.60 bits per heavy atom. The van der Waals surface area contributed by atoms with Crippen LogP contribution in [0.1, 0.15) is 21.6 Å². The van der Waals surface area contributed by atoms with Crippen molar-refractivity contribution in [3.8, 4) is 0 Å². The Labute approximate surface area is 143 Å². The first-order valence-electron chi connectivity index (χ1n) is 7.72. The SMILES string of the molecule is Cc1ccc(NC(=O)c2ccc(=O)n(Cc3ccccc3)n2)c(F)c1. The summed E-state index contributed by atoms with van der Waals surface area (Å²) in [6.45, 7) is 2.01. The summed E-state index contributed by atoms with van der Waals surface area (Å²) in [6.07, 6.45) is 0. The maximum absolute atomic E-state index is 13.9. The first-order valence-corrected chi connectivity index (χ1v) is 7.72. The van der Waals surface area contributed by atoms with E-state index >= 15 is 0 Å². The number of hydrogen-bond acceptors (Lipinski definition) is 3. The second-order valence-electron chi connectivity index (χ2n) is 5.64. The number of aryl methyl sites for hydroxylation is 1. The lowest BCUT2D eigenvalue weighted by atomic mass is 10.2. The molecule has 0 saturated heterocycles. The number of nitrogens with zero attached hydrogens (tertiary/aromatic N) is 2. The fourth-order valence-electron chi connectivity index (χ4n) is 2.35. The van der Waals surface area contributed by atoms with Gasteiger partial charge in [-0.1, -0.05) is 36.4 Å². The number of anilines is 1. The van der Waals surface area contributed by atoms with Gasteiger partial charge in [0.25, 0.3) is 11.5 Å². The molecule has 0 saturated carbocycles. The monoisotopic (exact) mass is 337 g/mol. The van der Waals surface area contributed by atoms with Crippen molar-refractivity contribution >= 4 is 11.6 Å². The fourth-order valence-corrected chi connectivity index (χ4v) is 2.35. The van der Waals surface area contributed by atoms with Crippen LogP contribution in [0, 0.1) is 12.7 Å². The molecule has 0 spiro atoms. The molecular formula is C19H16FN3O2. The number of rotatable bonds is 4. The summed E-state index contributed by atoms with van der Waals surface area (Å²) in [5.74, 6) is -1.10. The van der Waals surface area contributed by atoms with E-state index in [9.17, 15) is 14.0 Å². The van der Waals surface area contributed by atoms with Gasteiger partial charge in [-0.3, -0.25) is 9.59 Å². The minimum Gasteiger partial charge on any atom is -0.318 e. The van der Waals surface area contributed by atoms with E-state index in [1.54, 1.807) is 13.0 Å². The maximum atomic E-state index is 13.9. The summed E-state index contributed by atoms with van der Waals surface area (Å²) in [7, 11) is 0. The zero-order valence-electron chi connectivity index (χ0n) is 13.6. The highest BCUT2D eigenvalue weighted by Gasteiger charge is 2.12. The number of halogens is 1. The summed E-state index contributed by atoms with van der Waals surface area (Å²) in [4.78, 5) is 24.3. The van der Waals surface area contributed by atoms with Crippen LogP contribution in [0.5, 0.6) is 0 Å². The molecule has 1 N–H and O–H groups in total. The Bertz CT molecular complexity index is 968. The Morgan fingerprint density at radius 1 is 1.12 bits per heavy atom. The summed E-state index contributed by atoms with van der Waals surface area (Å²) in [6, 6.07) is 16.4. The van der Waals surface area contributed by atoms with Gasteiger partial charge in [-0.2, -0.15) is 5.10 Å². The number of carbonyl (C=O) groups is 1. The molecule has 0 bridgehead atoms. The van der Waals surface area contributed by atoms with Crippen LogP contribution in [0.2, 0.25) is 0 Å². The summed E-state index contributed by atoms with van der Waals surface area (Å²) < 4.78 is 15.1. The third-order valence-corrected chi connectivity index (χ3v) is 3.65. The van der Waals surface area contributed by atoms with Crippen LogP contribution in [-0.2, 0) is 6.54 Å². The van der Waals surface area contributed by atoms with E-state index < -0.39 is 11.7 Å². The molecule has 0 unspecified atom stereocenters. The normalized spacial score (nSPS) is 10.5. The molecule has 2 aromatic carbocycles. The highest BCUT2D eigenvalue weighted by Crippen LogP contribution is 2.15. The second-order valence-corrected chi connectivity index (χ2v) is 5.64. The Balaban J connectivity index is 1.83. The van der Waals surface area contributed by atoms with Crippen molar-refractivity contribution < 1.29 is 9.18 Å². The quantitative estimate of drug-likeness (QED) is 0.796. The predicted octanol–water partition coefficient (Wildman–Crippen LogP) is 2.99. The summed E-state index contributed by atoms with van der Waals surface area (Å²) in [5, 5.41) is 6.55. The zero-order valence-corrected chi connectivity index (χ0v) is 13.6. The third-order valence-electron chi connectivity index (χ3n) is 3.65. The Kier molecular flexibility index (Phi) is 4.70. The number of hydrogen-bond donors (Lipinski definition) is 1. The molecule has 0 aliphatic carbocycles. The largest absolute Gasteiger partial charge is 0.318 e. The van der Waals surface area contributed by atoms with Crippen molar-refractivity contribution in [1.82, 2.24) is 9.78 Å². The molecule has 3 rings (SSSR count). The molecular weight excluding hydrogens is 321 g/mol. The van der Waals surface area contributed by atoms with Crippen molar-refractivity contribution in [2.24, 2.45) is 0 Å². The van der Waals surface area contributed by atoms with Crippen LogP contribution in [0.25, 0.3) is 0 Å². The minimum absolute atomic E-state index is 0.0375. The number of aromatic nitrogens is 2. The highest BCUT2D eigenvalue weighted by molar-refractivity contribution is 6.02. The van der Waals surface area contributed by atoms with Crippen LogP contribution >= 0.6 is 0 Å². The van der Waals surface area contributed by atoms with Gasteiger partial charge < -0.3 is 5.32 Å². The van der Waals surface area contributed by atoms with Gasteiger partial charge in [-0.05, 0) is 36.2 Å². The first-order chi connectivity index (χ1) is 12.0. The standard InChI is InChI=1S/C19H16FN3O2/c1-13-7-8-16(15(20)11-13)21-19(25)17-9-10-18(24)23(22-17)12-14-5-3-2-4-6-14/h2-11H,12H2,1H3,(H,21,25). The lowest BCUT2D eigenvalue weighted by Crippen LogP contribution is -2.26. The Morgan fingerprint density at radius 2 is 1.88 bits per heavy atom. The molecule has 0 atom stereocenters. The van der Waals surface area contributed by atoms with Crippen molar-refractivity contribution in [2.45, 2.75) is 13.5 Å². The second kappa shape index (κ2) is 7.09. The molecule has 0 fully saturated rings. The summed E-state index contributed by atoms with van der Waals surface area (Å²) in [5.41, 5.74) is 1.43. The number of benzene rings is 2. The molecule has 1 heterocycles. The minimum atomic E-state index is -0.579. The van der Waals surface area contributed by atoms with Crippen molar-refractivity contribution in [1.29, 1.82) is 0 Å². The van der Waals surface area contributed by atoms with Crippen molar-refractivity contribution in [2.75, 3.05) is 5.32 Å². The van der Waals surface area contributed by atoms with Crippen LogP contribution in [0.4, 0.5) is 10.1 Å². The van der Waals surface area contributed by atoms with Crippen LogP contribution in [0.15, 0.2) is 65.5 Å². The number of amides is 1. The van der Waals surface area contributed by atoms with Gasteiger partial charge in [-0.15, -0.1) is 0 Å². The van der Waals surface area contributed by atoms with Gasteiger partial charge in [0.05, 0.1) is 12.2 Å². The van der Waals surface area contributed by atoms with Gasteiger partial charge in [-0.25, -0.2) is 9.07 Å². The van der Waals surface area contributed by atoms with Gasteiger partial charge >= 0.3 is 0 Å². The topological polar surface area (TPSA) is 64.0 Å². The van der Waals surface area contributed by atoms with Crippen LogP contribution in [-0.4, -0.2) is 15.7 Å². The van der Waals surface area contributed by atoms with E-state index in [1.165, 1.54) is 28.9 Å². The fraction of sp³-hybridized carbons (Fsp3) is 0.105. The Hall–Kier alpha value is -3.28. The van der Waals surface area contributed by atoms with E-state index in [0.717, 1.165) is 11.1 Å². The van der Waals surface area contributed by atoms with Crippen molar-refractivity contribution in [3.05, 3.63) is 93.7 Å². The lowest BCUT2D eigenvalue weighted by Gasteiger charge is -2.09. The summed E-state index contributed by atoms with van der Waals surface area (Å²) >= 11 is 0. The molecule has 6 heteroatoms. The molecule has 0 aliphatic heterocycles. The number of nitrogens with one attached hydrogen (secondary N) is 1. The van der Waals surface area contributed by atoms with E-state index in [2.05, 4.69) is 10.4 Å². The van der Waals surface area contributed by atoms with E-state index in [4.69, 9.17) is 0 Å². The third kappa shape index (κ3) is 3.98. The highest BCUT2D eigenvalue weighted by atomic mass is 19.1. The average molecular weight is 337 g/mol. The molecule has 3 aromatic rings. The van der Waals surface area contributed by atoms with E-state index in [-0.39, 0.29) is 23.5 Å². The van der Waals surface area contributed by atoms with Gasteiger partial charge in [0, 0.05) is 6.07 Å². The van der Waals surface area contributed by atoms with Crippen LogP contribution in [0.3, 0.4) is 0 Å². The molecule has 0 aliphatic rings. The molecule has 0 radical (unpaired) electrons.